The Bertz CT molecular complexity index is 756. The maximum absolute atomic E-state index is 12.7. The molecule has 46 heavy (non-hydrogen) atoms. The van der Waals surface area contributed by atoms with Crippen LogP contribution in [0, 0.1) is 0 Å². The second-order valence-electron chi connectivity index (χ2n) is 13.0. The van der Waals surface area contributed by atoms with Gasteiger partial charge in [-0.1, -0.05) is 142 Å². The highest BCUT2D eigenvalue weighted by atomic mass is 31.2. The maximum atomic E-state index is 12.7. The number of hydrogen-bond donors (Lipinski definition) is 5. The molecule has 0 fully saturated rings. The molecule has 0 radical (unpaired) electrons. The SMILES string of the molecule is CCCCCCCCCC/C=C\CCCCCCCC(O)CC(=O)NC(COP(=O)(O)OCCN)C(O)CCCCCCCCC. The van der Waals surface area contributed by atoms with Gasteiger partial charge in [0.05, 0.1) is 37.9 Å². The number of amides is 1. The van der Waals surface area contributed by atoms with Crippen LogP contribution in [0.5, 0.6) is 0 Å². The number of unbranched alkanes of at least 4 members (excludes halogenated alkanes) is 19. The standard InChI is InChI=1S/C36H73N2O7P/c1-3-5-7-9-11-12-13-14-15-16-17-18-19-20-22-23-25-27-33(39)31-36(41)38-34(32-45-46(42,43)44-30-29-37)35(40)28-26-24-21-10-8-6-4-2/h16-17,33-35,39-40H,3-15,18-32,37H2,1-2H3,(H,38,41)(H,42,43)/b17-16-. The van der Waals surface area contributed by atoms with E-state index < -0.39 is 32.0 Å². The molecule has 0 aliphatic rings. The van der Waals surface area contributed by atoms with E-state index in [1.807, 2.05) is 0 Å². The van der Waals surface area contributed by atoms with Gasteiger partial charge in [-0.15, -0.1) is 0 Å². The second kappa shape index (κ2) is 32.7. The molecule has 0 heterocycles. The Morgan fingerprint density at radius 2 is 1.17 bits per heavy atom. The second-order valence-corrected chi connectivity index (χ2v) is 14.4. The van der Waals surface area contributed by atoms with Crippen molar-refractivity contribution in [2.45, 2.75) is 193 Å². The van der Waals surface area contributed by atoms with Crippen LogP contribution >= 0.6 is 7.82 Å². The van der Waals surface area contributed by atoms with Crippen molar-refractivity contribution in [2.75, 3.05) is 19.8 Å². The molecule has 0 rings (SSSR count). The molecule has 0 aliphatic carbocycles. The molecule has 6 N–H and O–H groups in total. The first-order valence-electron chi connectivity index (χ1n) is 18.9. The molecule has 10 heteroatoms. The van der Waals surface area contributed by atoms with Gasteiger partial charge in [0, 0.05) is 6.54 Å². The molecule has 0 bridgehead atoms. The summed E-state index contributed by atoms with van der Waals surface area (Å²) < 4.78 is 21.9. The zero-order valence-electron chi connectivity index (χ0n) is 29.7. The van der Waals surface area contributed by atoms with Gasteiger partial charge in [-0.3, -0.25) is 13.8 Å². The fraction of sp³-hybridized carbons (Fsp3) is 0.917. The molecule has 4 unspecified atom stereocenters. The largest absolute Gasteiger partial charge is 0.472 e. The minimum absolute atomic E-state index is 0.0592. The number of nitrogens with one attached hydrogen (secondary N) is 1. The first-order valence-corrected chi connectivity index (χ1v) is 20.4. The van der Waals surface area contributed by atoms with E-state index in [1.165, 1.54) is 89.9 Å². The van der Waals surface area contributed by atoms with Crippen LogP contribution in [0.2, 0.25) is 0 Å². The highest BCUT2D eigenvalue weighted by Gasteiger charge is 2.28. The molecule has 0 aromatic carbocycles. The summed E-state index contributed by atoms with van der Waals surface area (Å²) in [5, 5.41) is 23.9. The number of phosphoric ester groups is 1. The van der Waals surface area contributed by atoms with Gasteiger partial charge in [0.25, 0.3) is 0 Å². The van der Waals surface area contributed by atoms with Gasteiger partial charge in [0.1, 0.15) is 0 Å². The fourth-order valence-electron chi connectivity index (χ4n) is 5.53. The summed E-state index contributed by atoms with van der Waals surface area (Å²) in [5.41, 5.74) is 5.33. The van der Waals surface area contributed by atoms with Crippen LogP contribution in [-0.4, -0.2) is 59.0 Å². The van der Waals surface area contributed by atoms with Gasteiger partial charge in [0.15, 0.2) is 0 Å². The van der Waals surface area contributed by atoms with Gasteiger partial charge >= 0.3 is 7.82 Å². The van der Waals surface area contributed by atoms with Crippen LogP contribution < -0.4 is 11.1 Å². The molecule has 4 atom stereocenters. The van der Waals surface area contributed by atoms with Crippen molar-refractivity contribution in [1.29, 1.82) is 0 Å². The van der Waals surface area contributed by atoms with E-state index in [0.717, 1.165) is 51.4 Å². The zero-order valence-corrected chi connectivity index (χ0v) is 30.6. The Morgan fingerprint density at radius 3 is 1.67 bits per heavy atom. The summed E-state index contributed by atoms with van der Waals surface area (Å²) in [6.07, 6.45) is 29.9. The third-order valence-electron chi connectivity index (χ3n) is 8.42. The number of aliphatic hydroxyl groups is 2. The average Bonchev–Trinajstić information content (AvgIpc) is 3.03. The third-order valence-corrected chi connectivity index (χ3v) is 9.41. The van der Waals surface area contributed by atoms with Gasteiger partial charge in [0.2, 0.25) is 5.91 Å². The lowest BCUT2D eigenvalue weighted by molar-refractivity contribution is -0.125. The highest BCUT2D eigenvalue weighted by Crippen LogP contribution is 2.43. The minimum atomic E-state index is -4.36. The summed E-state index contributed by atoms with van der Waals surface area (Å²) in [4.78, 5) is 22.6. The molecular formula is C36H73N2O7P. The van der Waals surface area contributed by atoms with Crippen molar-refractivity contribution in [1.82, 2.24) is 5.32 Å². The van der Waals surface area contributed by atoms with Crippen molar-refractivity contribution in [3.63, 3.8) is 0 Å². The number of phosphoric acid groups is 1. The first kappa shape index (κ1) is 45.2. The normalized spacial score (nSPS) is 15.2. The zero-order chi connectivity index (χ0) is 34.1. The van der Waals surface area contributed by atoms with E-state index in [0.29, 0.717) is 12.8 Å². The lowest BCUT2D eigenvalue weighted by Gasteiger charge is -2.25. The highest BCUT2D eigenvalue weighted by molar-refractivity contribution is 7.47. The lowest BCUT2D eigenvalue weighted by atomic mass is 10.0. The maximum Gasteiger partial charge on any atom is 0.472 e. The lowest BCUT2D eigenvalue weighted by Crippen LogP contribution is -2.47. The van der Waals surface area contributed by atoms with Gasteiger partial charge < -0.3 is 26.2 Å². The van der Waals surface area contributed by atoms with E-state index in [-0.39, 0.29) is 26.2 Å². The summed E-state index contributed by atoms with van der Waals surface area (Å²) >= 11 is 0. The molecule has 0 saturated heterocycles. The van der Waals surface area contributed by atoms with Crippen molar-refractivity contribution in [2.24, 2.45) is 5.73 Å². The Balaban J connectivity index is 4.22. The monoisotopic (exact) mass is 677 g/mol. The Hall–Kier alpha value is -0.800. The predicted octanol–water partition coefficient (Wildman–Crippen LogP) is 8.63. The van der Waals surface area contributed by atoms with E-state index in [9.17, 15) is 24.5 Å². The van der Waals surface area contributed by atoms with E-state index in [2.05, 4.69) is 31.3 Å². The van der Waals surface area contributed by atoms with Crippen LogP contribution in [-0.2, 0) is 18.4 Å². The fourth-order valence-corrected chi connectivity index (χ4v) is 6.29. The number of nitrogens with two attached hydrogens (primary N) is 1. The molecule has 0 saturated carbocycles. The van der Waals surface area contributed by atoms with Crippen LogP contribution in [0.15, 0.2) is 12.2 Å². The molecule has 0 aliphatic heterocycles. The number of carbonyl (C=O) groups excluding carboxylic acids is 1. The Morgan fingerprint density at radius 1 is 0.717 bits per heavy atom. The van der Waals surface area contributed by atoms with Gasteiger partial charge in [-0.25, -0.2) is 4.57 Å². The molecule has 9 nitrogen and oxygen atoms in total. The summed E-state index contributed by atoms with van der Waals surface area (Å²) in [6, 6.07) is -0.892. The number of allylic oxidation sites excluding steroid dienone is 2. The van der Waals surface area contributed by atoms with E-state index in [1.54, 1.807) is 0 Å². The molecule has 0 spiro atoms. The Kier molecular flexibility index (Phi) is 32.2. The molecule has 1 amide bonds. The smallest absolute Gasteiger partial charge is 0.393 e. The Labute approximate surface area is 282 Å². The first-order chi connectivity index (χ1) is 22.3. The molecule has 0 aromatic rings. The average molecular weight is 677 g/mol. The van der Waals surface area contributed by atoms with Crippen molar-refractivity contribution in [3.05, 3.63) is 12.2 Å². The summed E-state index contributed by atoms with van der Waals surface area (Å²) in [7, 11) is -4.36. The quantitative estimate of drug-likeness (QED) is 0.0254. The van der Waals surface area contributed by atoms with Crippen LogP contribution in [0.4, 0.5) is 0 Å². The summed E-state index contributed by atoms with van der Waals surface area (Å²) in [5.74, 6) is -0.422. The number of rotatable bonds is 35. The van der Waals surface area contributed by atoms with Gasteiger partial charge in [-0.05, 0) is 38.5 Å². The van der Waals surface area contributed by atoms with Crippen LogP contribution in [0.1, 0.15) is 174 Å². The molecular weight excluding hydrogens is 603 g/mol. The van der Waals surface area contributed by atoms with Crippen LogP contribution in [0.3, 0.4) is 0 Å². The number of aliphatic hydroxyl groups excluding tert-OH is 2. The summed E-state index contributed by atoms with van der Waals surface area (Å²) in [6.45, 7) is 3.97. The predicted molar refractivity (Wildman–Crippen MR) is 191 cm³/mol. The third kappa shape index (κ3) is 30.5. The van der Waals surface area contributed by atoms with Crippen molar-refractivity contribution < 1.29 is 33.5 Å². The molecule has 274 valence electrons. The molecule has 0 aromatic heterocycles. The van der Waals surface area contributed by atoms with Crippen molar-refractivity contribution in [3.8, 4) is 0 Å². The minimum Gasteiger partial charge on any atom is -0.393 e. The number of carbonyl (C=O) groups is 1. The van der Waals surface area contributed by atoms with Crippen LogP contribution in [0.25, 0.3) is 0 Å². The topological polar surface area (TPSA) is 151 Å². The van der Waals surface area contributed by atoms with Crippen molar-refractivity contribution >= 4 is 13.7 Å². The van der Waals surface area contributed by atoms with Gasteiger partial charge in [-0.2, -0.15) is 0 Å². The van der Waals surface area contributed by atoms with E-state index in [4.69, 9.17) is 14.8 Å². The van der Waals surface area contributed by atoms with E-state index >= 15 is 0 Å². The number of hydrogen-bond acceptors (Lipinski definition) is 7.